The van der Waals surface area contributed by atoms with E-state index in [0.717, 1.165) is 0 Å². The van der Waals surface area contributed by atoms with Crippen LogP contribution in [0, 0.1) is 5.92 Å². The molecule has 0 aromatic rings. The van der Waals surface area contributed by atoms with E-state index < -0.39 is 5.60 Å². The lowest BCUT2D eigenvalue weighted by Crippen LogP contribution is -2.22. The van der Waals surface area contributed by atoms with Gasteiger partial charge in [0.25, 0.3) is 0 Å². The number of rotatable bonds is 3. The van der Waals surface area contributed by atoms with Crippen molar-refractivity contribution in [3.8, 4) is 0 Å². The van der Waals surface area contributed by atoms with Crippen molar-refractivity contribution in [3.05, 3.63) is 0 Å². The van der Waals surface area contributed by atoms with Gasteiger partial charge in [0.05, 0.1) is 0 Å². The standard InChI is InChI=1S/C8H14O2/c1-6(2)5-7(9)8(10)3-4-8/h6,10H,3-5H2,1-2H3. The van der Waals surface area contributed by atoms with Gasteiger partial charge in [-0.15, -0.1) is 0 Å². The van der Waals surface area contributed by atoms with Crippen LogP contribution in [0.15, 0.2) is 0 Å². The quantitative estimate of drug-likeness (QED) is 0.641. The number of aliphatic hydroxyl groups is 1. The molecule has 10 heavy (non-hydrogen) atoms. The highest BCUT2D eigenvalue weighted by molar-refractivity contribution is 5.89. The minimum absolute atomic E-state index is 0.0301. The largest absolute Gasteiger partial charge is 0.382 e. The van der Waals surface area contributed by atoms with Crippen molar-refractivity contribution < 1.29 is 9.90 Å². The van der Waals surface area contributed by atoms with Crippen LogP contribution in [0.4, 0.5) is 0 Å². The van der Waals surface area contributed by atoms with Crippen LogP contribution < -0.4 is 0 Å². The SMILES string of the molecule is CC(C)CC(=O)C1(O)CC1. The van der Waals surface area contributed by atoms with E-state index in [1.807, 2.05) is 13.8 Å². The zero-order valence-electron chi connectivity index (χ0n) is 6.55. The van der Waals surface area contributed by atoms with Crippen LogP contribution >= 0.6 is 0 Å². The van der Waals surface area contributed by atoms with Crippen LogP contribution in [0.1, 0.15) is 33.1 Å². The van der Waals surface area contributed by atoms with E-state index in [1.165, 1.54) is 0 Å². The normalized spacial score (nSPS) is 21.2. The summed E-state index contributed by atoms with van der Waals surface area (Å²) in [5.41, 5.74) is -0.899. The first-order valence-electron chi connectivity index (χ1n) is 3.80. The molecule has 0 spiro atoms. The Bertz CT molecular complexity index is 145. The molecule has 1 rings (SSSR count). The number of hydrogen-bond donors (Lipinski definition) is 1. The maximum absolute atomic E-state index is 11.1. The molecule has 1 saturated carbocycles. The monoisotopic (exact) mass is 142 g/mol. The van der Waals surface area contributed by atoms with Crippen LogP contribution in [0.2, 0.25) is 0 Å². The van der Waals surface area contributed by atoms with Crippen LogP contribution in [0.25, 0.3) is 0 Å². The second-order valence-corrected chi connectivity index (χ2v) is 3.55. The molecule has 0 aromatic carbocycles. The topological polar surface area (TPSA) is 37.3 Å². The fourth-order valence-electron chi connectivity index (χ4n) is 0.958. The molecule has 1 aliphatic rings. The van der Waals surface area contributed by atoms with Crippen LogP contribution in [-0.4, -0.2) is 16.5 Å². The first kappa shape index (κ1) is 7.73. The summed E-state index contributed by atoms with van der Waals surface area (Å²) in [5, 5.41) is 9.30. The number of carbonyl (C=O) groups excluding carboxylic acids is 1. The van der Waals surface area contributed by atoms with Gasteiger partial charge in [0, 0.05) is 6.42 Å². The first-order valence-corrected chi connectivity index (χ1v) is 3.80. The van der Waals surface area contributed by atoms with Gasteiger partial charge in [-0.05, 0) is 18.8 Å². The second kappa shape index (κ2) is 2.35. The molecular formula is C8H14O2. The lowest BCUT2D eigenvalue weighted by atomic mass is 10.0. The molecule has 0 amide bonds. The zero-order valence-corrected chi connectivity index (χ0v) is 6.55. The van der Waals surface area contributed by atoms with Crippen molar-refractivity contribution in [2.75, 3.05) is 0 Å². The van der Waals surface area contributed by atoms with E-state index >= 15 is 0 Å². The van der Waals surface area contributed by atoms with Crippen molar-refractivity contribution in [2.24, 2.45) is 5.92 Å². The molecule has 1 fully saturated rings. The van der Waals surface area contributed by atoms with Gasteiger partial charge in [-0.3, -0.25) is 4.79 Å². The van der Waals surface area contributed by atoms with Crippen molar-refractivity contribution >= 4 is 5.78 Å². The molecule has 2 heteroatoms. The lowest BCUT2D eigenvalue weighted by molar-refractivity contribution is -0.129. The van der Waals surface area contributed by atoms with E-state index in [-0.39, 0.29) is 5.78 Å². The van der Waals surface area contributed by atoms with Crippen molar-refractivity contribution in [1.29, 1.82) is 0 Å². The van der Waals surface area contributed by atoms with Crippen LogP contribution in [-0.2, 0) is 4.79 Å². The predicted molar refractivity (Wildman–Crippen MR) is 38.6 cm³/mol. The third kappa shape index (κ3) is 1.57. The number of carbonyl (C=O) groups is 1. The number of hydrogen-bond acceptors (Lipinski definition) is 2. The Labute approximate surface area is 61.2 Å². The summed E-state index contributed by atoms with van der Waals surface area (Å²) in [7, 11) is 0. The third-order valence-electron chi connectivity index (χ3n) is 1.84. The Morgan fingerprint density at radius 3 is 2.40 bits per heavy atom. The highest BCUT2D eigenvalue weighted by Gasteiger charge is 2.47. The van der Waals surface area contributed by atoms with Gasteiger partial charge in [-0.1, -0.05) is 13.8 Å². The maximum Gasteiger partial charge on any atom is 0.164 e. The van der Waals surface area contributed by atoms with Crippen molar-refractivity contribution in [2.45, 2.75) is 38.7 Å². The number of ketones is 1. The summed E-state index contributed by atoms with van der Waals surface area (Å²) < 4.78 is 0. The molecule has 0 radical (unpaired) electrons. The van der Waals surface area contributed by atoms with E-state index in [2.05, 4.69) is 0 Å². The summed E-state index contributed by atoms with van der Waals surface area (Å²) in [5.74, 6) is 0.402. The average molecular weight is 142 g/mol. The molecular weight excluding hydrogens is 128 g/mol. The highest BCUT2D eigenvalue weighted by atomic mass is 16.3. The minimum Gasteiger partial charge on any atom is -0.382 e. The summed E-state index contributed by atoms with van der Waals surface area (Å²) in [6.07, 6.45) is 1.88. The molecule has 0 bridgehead atoms. The second-order valence-electron chi connectivity index (χ2n) is 3.55. The Morgan fingerprint density at radius 2 is 2.10 bits per heavy atom. The van der Waals surface area contributed by atoms with Gasteiger partial charge >= 0.3 is 0 Å². The van der Waals surface area contributed by atoms with Crippen LogP contribution in [0.5, 0.6) is 0 Å². The zero-order chi connectivity index (χ0) is 7.78. The van der Waals surface area contributed by atoms with E-state index in [9.17, 15) is 9.90 Å². The Morgan fingerprint density at radius 1 is 1.60 bits per heavy atom. The molecule has 0 heterocycles. The summed E-state index contributed by atoms with van der Waals surface area (Å²) in [4.78, 5) is 11.1. The lowest BCUT2D eigenvalue weighted by Gasteiger charge is -2.07. The summed E-state index contributed by atoms with van der Waals surface area (Å²) >= 11 is 0. The molecule has 0 atom stereocenters. The van der Waals surface area contributed by atoms with Gasteiger partial charge in [0.15, 0.2) is 5.78 Å². The molecule has 0 saturated heterocycles. The molecule has 0 aliphatic heterocycles. The molecule has 0 aromatic heterocycles. The van der Waals surface area contributed by atoms with Gasteiger partial charge in [0.2, 0.25) is 0 Å². The first-order chi connectivity index (χ1) is 4.54. The number of Topliss-reactive ketones (excluding diaryl/α,β-unsaturated/α-hetero) is 1. The minimum atomic E-state index is -0.899. The molecule has 1 aliphatic carbocycles. The maximum atomic E-state index is 11.1. The Balaban J connectivity index is 2.35. The fourth-order valence-corrected chi connectivity index (χ4v) is 0.958. The third-order valence-corrected chi connectivity index (χ3v) is 1.84. The van der Waals surface area contributed by atoms with Crippen LogP contribution in [0.3, 0.4) is 0 Å². The summed E-state index contributed by atoms with van der Waals surface area (Å²) in [6, 6.07) is 0. The van der Waals surface area contributed by atoms with Gasteiger partial charge in [-0.25, -0.2) is 0 Å². The molecule has 1 N–H and O–H groups in total. The average Bonchev–Trinajstić information content (AvgIpc) is 2.47. The highest BCUT2D eigenvalue weighted by Crippen LogP contribution is 2.37. The van der Waals surface area contributed by atoms with E-state index in [1.54, 1.807) is 0 Å². The van der Waals surface area contributed by atoms with Crippen molar-refractivity contribution in [3.63, 3.8) is 0 Å². The molecule has 0 unspecified atom stereocenters. The molecule has 58 valence electrons. The summed E-state index contributed by atoms with van der Waals surface area (Å²) in [6.45, 7) is 3.98. The molecule has 2 nitrogen and oxygen atoms in total. The smallest absolute Gasteiger partial charge is 0.164 e. The Hall–Kier alpha value is -0.370. The van der Waals surface area contributed by atoms with Gasteiger partial charge in [-0.2, -0.15) is 0 Å². The van der Waals surface area contributed by atoms with Crippen molar-refractivity contribution in [1.82, 2.24) is 0 Å². The van der Waals surface area contributed by atoms with Gasteiger partial charge < -0.3 is 5.11 Å². The fraction of sp³-hybridized carbons (Fsp3) is 0.875. The predicted octanol–water partition coefficient (Wildman–Crippen LogP) is 1.13. The van der Waals surface area contributed by atoms with Gasteiger partial charge in [0.1, 0.15) is 5.60 Å². The van der Waals surface area contributed by atoms with E-state index in [4.69, 9.17) is 0 Å². The van der Waals surface area contributed by atoms with E-state index in [0.29, 0.717) is 25.2 Å². The Kier molecular flexibility index (Phi) is 1.82.